The van der Waals surface area contributed by atoms with Gasteiger partial charge in [-0.1, -0.05) is 0 Å². The van der Waals surface area contributed by atoms with E-state index in [9.17, 15) is 10.1 Å². The van der Waals surface area contributed by atoms with Crippen LogP contribution in [0, 0.1) is 41.9 Å². The van der Waals surface area contributed by atoms with Crippen LogP contribution in [0.2, 0.25) is 0 Å². The molecule has 2 N–H and O–H groups in total. The molecule has 0 unspecified atom stereocenters. The number of aromatic nitrogens is 2. The van der Waals surface area contributed by atoms with Crippen LogP contribution >= 0.6 is 0 Å². The zero-order chi connectivity index (χ0) is 23.6. The maximum Gasteiger partial charge on any atom is 0.271 e. The van der Waals surface area contributed by atoms with E-state index in [0.717, 1.165) is 36.0 Å². The van der Waals surface area contributed by atoms with Crippen molar-refractivity contribution in [1.29, 1.82) is 10.5 Å². The van der Waals surface area contributed by atoms with Crippen molar-refractivity contribution in [1.82, 2.24) is 15.3 Å². The number of anilines is 1. The van der Waals surface area contributed by atoms with E-state index in [-0.39, 0.29) is 16.9 Å². The third kappa shape index (κ3) is 3.22. The summed E-state index contributed by atoms with van der Waals surface area (Å²) in [4.78, 5) is 21.9. The molecule has 2 heterocycles. The number of benzene rings is 1. The van der Waals surface area contributed by atoms with E-state index >= 15 is 0 Å². The summed E-state index contributed by atoms with van der Waals surface area (Å²) >= 11 is 0. The molecule has 8 nitrogen and oxygen atoms in total. The Morgan fingerprint density at radius 1 is 1.15 bits per heavy atom. The third-order valence-corrected chi connectivity index (χ3v) is 6.82. The quantitative estimate of drug-likeness (QED) is 0.666. The Bertz CT molecular complexity index is 1280. The number of nitrogens with one attached hydrogen (secondary N) is 2. The molecule has 0 spiro atoms. The first-order valence-electron chi connectivity index (χ1n) is 10.9. The van der Waals surface area contributed by atoms with E-state index in [1.54, 1.807) is 6.08 Å². The van der Waals surface area contributed by atoms with Gasteiger partial charge in [-0.05, 0) is 81.9 Å². The van der Waals surface area contributed by atoms with E-state index in [1.807, 2.05) is 45.9 Å². The van der Waals surface area contributed by atoms with Crippen molar-refractivity contribution >= 4 is 17.9 Å². The largest absolute Gasteiger partial charge is 0.438 e. The predicted octanol–water partition coefficient (Wildman–Crippen LogP) is 4.26. The van der Waals surface area contributed by atoms with Crippen molar-refractivity contribution in [3.63, 3.8) is 0 Å². The molecule has 6 rings (SSSR count). The number of hydrogen-bond donors (Lipinski definition) is 2. The van der Waals surface area contributed by atoms with E-state index in [1.165, 1.54) is 6.08 Å². The van der Waals surface area contributed by atoms with Crippen LogP contribution in [0.15, 0.2) is 18.2 Å². The third-order valence-electron chi connectivity index (χ3n) is 6.82. The predicted molar refractivity (Wildman–Crippen MR) is 121 cm³/mol. The van der Waals surface area contributed by atoms with Gasteiger partial charge in [0.2, 0.25) is 11.8 Å². The molecule has 33 heavy (non-hydrogen) atoms. The average Bonchev–Trinajstić information content (AvgIpc) is 2.93. The lowest BCUT2D eigenvalue weighted by Crippen LogP contribution is -2.70. The fraction of sp³-hybridized carbons (Fsp3) is 0.400. The van der Waals surface area contributed by atoms with Gasteiger partial charge in [0.1, 0.15) is 11.4 Å². The van der Waals surface area contributed by atoms with Gasteiger partial charge >= 0.3 is 0 Å². The Kier molecular flexibility index (Phi) is 4.31. The van der Waals surface area contributed by atoms with E-state index < -0.39 is 5.54 Å². The Morgan fingerprint density at radius 2 is 1.82 bits per heavy atom. The standard InChI is InChI=1S/C25H24N6O2/c1-14-8-16(6-5-7-26)9-15(2)19(14)33-21-17-18(20(32)30-23(17,3)4)28-22(29-21)31-25-10-24(11-25,12-25)13-27/h5-6,8-9H,10-12H2,1-4H3,(H,30,32)(H,28,29,31)/b6-5+. The van der Waals surface area contributed by atoms with Gasteiger partial charge in [0.05, 0.1) is 28.7 Å². The molecule has 3 fully saturated rings. The SMILES string of the molecule is Cc1cc(/C=C/C#N)cc(C)c1Oc1nc(NC23CC(C#N)(C2)C3)nc2c1C(C)(C)NC2=O. The molecular formula is C25H24N6O2. The maximum atomic E-state index is 12.7. The van der Waals surface area contributed by atoms with Crippen LogP contribution in [-0.4, -0.2) is 21.4 Å². The van der Waals surface area contributed by atoms with Gasteiger partial charge in [-0.2, -0.15) is 15.5 Å². The van der Waals surface area contributed by atoms with E-state index in [4.69, 9.17) is 10.00 Å². The van der Waals surface area contributed by atoms with Crippen molar-refractivity contribution in [3.8, 4) is 23.8 Å². The molecule has 2 bridgehead atoms. The number of nitrogens with zero attached hydrogens (tertiary/aromatic N) is 4. The molecule has 3 saturated carbocycles. The summed E-state index contributed by atoms with van der Waals surface area (Å²) in [5.41, 5.74) is 2.54. The molecule has 1 aromatic heterocycles. The smallest absolute Gasteiger partial charge is 0.271 e. The minimum Gasteiger partial charge on any atom is -0.438 e. The van der Waals surface area contributed by atoms with Gasteiger partial charge in [0.15, 0.2) is 0 Å². The van der Waals surface area contributed by atoms with E-state index in [0.29, 0.717) is 28.8 Å². The van der Waals surface area contributed by atoms with Crippen LogP contribution in [0.3, 0.4) is 0 Å². The lowest BCUT2D eigenvalue weighted by molar-refractivity contribution is -0.0665. The van der Waals surface area contributed by atoms with Crippen LogP contribution in [0.25, 0.3) is 6.08 Å². The summed E-state index contributed by atoms with van der Waals surface area (Å²) in [6.45, 7) is 7.66. The first kappa shape index (κ1) is 21.0. The number of aryl methyl sites for hydroxylation is 2. The first-order chi connectivity index (χ1) is 15.6. The molecule has 2 aromatic rings. The summed E-state index contributed by atoms with van der Waals surface area (Å²) in [7, 11) is 0. The summed E-state index contributed by atoms with van der Waals surface area (Å²) < 4.78 is 6.36. The van der Waals surface area contributed by atoms with E-state index in [2.05, 4.69) is 26.7 Å². The van der Waals surface area contributed by atoms with Crippen LogP contribution in [0.1, 0.15) is 65.9 Å². The Labute approximate surface area is 192 Å². The number of hydrogen-bond acceptors (Lipinski definition) is 7. The van der Waals surface area contributed by atoms with Gasteiger partial charge in [-0.15, -0.1) is 0 Å². The monoisotopic (exact) mass is 440 g/mol. The Morgan fingerprint density at radius 3 is 2.42 bits per heavy atom. The molecule has 8 heteroatoms. The molecular weight excluding hydrogens is 416 g/mol. The molecule has 3 aliphatic carbocycles. The highest BCUT2D eigenvalue weighted by Crippen LogP contribution is 2.67. The van der Waals surface area contributed by atoms with Gasteiger partial charge in [0.25, 0.3) is 5.91 Å². The van der Waals surface area contributed by atoms with Gasteiger partial charge in [0, 0.05) is 11.6 Å². The number of ether oxygens (including phenoxy) is 1. The Balaban J connectivity index is 1.53. The number of amides is 1. The minimum absolute atomic E-state index is 0.174. The molecule has 0 atom stereocenters. The summed E-state index contributed by atoms with van der Waals surface area (Å²) in [6, 6.07) is 8.28. The van der Waals surface area contributed by atoms with Crippen molar-refractivity contribution < 1.29 is 9.53 Å². The van der Waals surface area contributed by atoms with Gasteiger partial charge < -0.3 is 15.4 Å². The summed E-state index contributed by atoms with van der Waals surface area (Å²) in [5, 5.41) is 24.4. The van der Waals surface area contributed by atoms with Crippen molar-refractivity contribution in [2.75, 3.05) is 5.32 Å². The topological polar surface area (TPSA) is 124 Å². The van der Waals surface area contributed by atoms with Gasteiger partial charge in [-0.3, -0.25) is 4.79 Å². The summed E-state index contributed by atoms with van der Waals surface area (Å²) in [6.07, 6.45) is 5.48. The highest BCUT2D eigenvalue weighted by molar-refractivity contribution is 5.99. The molecule has 0 saturated heterocycles. The van der Waals surface area contributed by atoms with Crippen molar-refractivity contribution in [2.24, 2.45) is 5.41 Å². The fourth-order valence-corrected chi connectivity index (χ4v) is 5.45. The zero-order valence-electron chi connectivity index (χ0n) is 19.0. The number of allylic oxidation sites excluding steroid dienone is 1. The van der Waals surface area contributed by atoms with Crippen LogP contribution in [0.4, 0.5) is 5.95 Å². The second-order valence-corrected chi connectivity index (χ2v) is 10.0. The van der Waals surface area contributed by atoms with Crippen LogP contribution in [-0.2, 0) is 5.54 Å². The number of carbonyl (C=O) groups is 1. The summed E-state index contributed by atoms with van der Waals surface area (Å²) in [5.74, 6) is 1.06. The first-order valence-corrected chi connectivity index (χ1v) is 10.9. The molecule has 1 aromatic carbocycles. The lowest BCUT2D eigenvalue weighted by atomic mass is 9.40. The highest BCUT2D eigenvalue weighted by atomic mass is 16.5. The fourth-order valence-electron chi connectivity index (χ4n) is 5.45. The molecule has 0 radical (unpaired) electrons. The molecule has 166 valence electrons. The highest BCUT2D eigenvalue weighted by Gasteiger charge is 2.69. The second-order valence-electron chi connectivity index (χ2n) is 10.0. The van der Waals surface area contributed by atoms with Gasteiger partial charge in [-0.25, -0.2) is 4.98 Å². The maximum absolute atomic E-state index is 12.7. The molecule has 4 aliphatic rings. The van der Waals surface area contributed by atoms with Crippen molar-refractivity contribution in [2.45, 2.75) is 58.0 Å². The number of carbonyl (C=O) groups excluding carboxylic acids is 1. The average molecular weight is 441 g/mol. The normalized spacial score (nSPS) is 25.8. The lowest BCUT2D eigenvalue weighted by Gasteiger charge is -2.66. The Hall–Kier alpha value is -3.91. The zero-order valence-corrected chi connectivity index (χ0v) is 19.0. The molecule has 1 aliphatic heterocycles. The molecule has 1 amide bonds. The van der Waals surface area contributed by atoms with Crippen LogP contribution in [0.5, 0.6) is 11.6 Å². The number of rotatable bonds is 5. The minimum atomic E-state index is -0.682. The second kappa shape index (κ2) is 6.79. The van der Waals surface area contributed by atoms with Crippen molar-refractivity contribution in [3.05, 3.63) is 46.2 Å². The number of fused-ring (bicyclic) bond motifs is 1. The van der Waals surface area contributed by atoms with Crippen LogP contribution < -0.4 is 15.4 Å². The number of nitriles is 2.